The van der Waals surface area contributed by atoms with Crippen molar-refractivity contribution in [3.8, 4) is 28.8 Å². The fraction of sp³-hybridized carbons (Fsp3) is 0.0870. The minimum Gasteiger partial charge on any atom is -0.481 e. The Morgan fingerprint density at radius 1 is 1.30 bits per heavy atom. The van der Waals surface area contributed by atoms with Crippen LogP contribution in [0.3, 0.4) is 0 Å². The van der Waals surface area contributed by atoms with Crippen LogP contribution in [-0.4, -0.2) is 40.6 Å². The molecule has 0 fully saturated rings. The fourth-order valence-electron chi connectivity index (χ4n) is 3.50. The normalized spacial score (nSPS) is 13.9. The molecular formula is C23H15N3O3S. The lowest BCUT2D eigenvalue weighted by Crippen LogP contribution is -2.23. The number of ether oxygens (including phenoxy) is 1. The van der Waals surface area contributed by atoms with Crippen molar-refractivity contribution >= 4 is 35.2 Å². The van der Waals surface area contributed by atoms with E-state index < -0.39 is 5.97 Å². The SMILES string of the molecule is O=C(O)C1=C2C=c3[nH]nc(-c4csc(C#CCOc5ccccc5)c4)c3=C2CN=C1. The summed E-state index contributed by atoms with van der Waals surface area (Å²) in [6.45, 7) is 0.752. The summed E-state index contributed by atoms with van der Waals surface area (Å²) in [5, 5.41) is 20.6. The summed E-state index contributed by atoms with van der Waals surface area (Å²) in [4.78, 5) is 16.6. The number of aromatic amines is 1. The average Bonchev–Trinajstić information content (AvgIpc) is 3.46. The molecule has 2 aliphatic rings. The van der Waals surface area contributed by atoms with E-state index in [0.717, 1.165) is 38.0 Å². The van der Waals surface area contributed by atoms with E-state index in [4.69, 9.17) is 4.74 Å². The van der Waals surface area contributed by atoms with Crippen LogP contribution in [0.4, 0.5) is 0 Å². The third kappa shape index (κ3) is 3.23. The van der Waals surface area contributed by atoms with Gasteiger partial charge in [0.1, 0.15) is 18.1 Å². The van der Waals surface area contributed by atoms with Crippen LogP contribution in [0.2, 0.25) is 0 Å². The molecule has 3 aromatic rings. The summed E-state index contributed by atoms with van der Waals surface area (Å²) in [5.41, 5.74) is 3.54. The Morgan fingerprint density at radius 3 is 3.00 bits per heavy atom. The first-order valence-corrected chi connectivity index (χ1v) is 10.1. The zero-order valence-corrected chi connectivity index (χ0v) is 16.5. The lowest BCUT2D eigenvalue weighted by atomic mass is 9.99. The van der Waals surface area contributed by atoms with Gasteiger partial charge < -0.3 is 9.84 Å². The number of carboxylic acid groups (broad SMARTS) is 1. The molecule has 0 radical (unpaired) electrons. The number of dihydropyridines is 1. The predicted octanol–water partition coefficient (Wildman–Crippen LogP) is 1.98. The number of nitrogens with one attached hydrogen (secondary N) is 1. The summed E-state index contributed by atoms with van der Waals surface area (Å²) in [5.74, 6) is 5.97. The largest absolute Gasteiger partial charge is 0.481 e. The van der Waals surface area contributed by atoms with Crippen molar-refractivity contribution in [1.29, 1.82) is 0 Å². The van der Waals surface area contributed by atoms with Gasteiger partial charge in [0, 0.05) is 22.4 Å². The number of nitrogens with zero attached hydrogens (tertiary/aromatic N) is 2. The highest BCUT2D eigenvalue weighted by molar-refractivity contribution is 7.11. The van der Waals surface area contributed by atoms with E-state index in [0.29, 0.717) is 18.7 Å². The van der Waals surface area contributed by atoms with Gasteiger partial charge in [-0.3, -0.25) is 10.1 Å². The number of hydrogen-bond donors (Lipinski definition) is 2. The van der Waals surface area contributed by atoms with Gasteiger partial charge in [-0.25, -0.2) is 4.79 Å². The van der Waals surface area contributed by atoms with Gasteiger partial charge in [0.2, 0.25) is 0 Å². The number of aliphatic carboxylic acids is 1. The zero-order valence-electron chi connectivity index (χ0n) is 15.7. The molecule has 30 heavy (non-hydrogen) atoms. The molecule has 5 rings (SSSR count). The van der Waals surface area contributed by atoms with Gasteiger partial charge in [-0.05, 0) is 35.4 Å². The summed E-state index contributed by atoms with van der Waals surface area (Å²) < 4.78 is 5.60. The maximum Gasteiger partial charge on any atom is 0.337 e. The maximum atomic E-state index is 11.5. The number of aromatic nitrogens is 2. The first kappa shape index (κ1) is 18.2. The quantitative estimate of drug-likeness (QED) is 0.641. The van der Waals surface area contributed by atoms with Crippen molar-refractivity contribution in [3.63, 3.8) is 0 Å². The molecule has 3 heterocycles. The van der Waals surface area contributed by atoms with Crippen molar-refractivity contribution < 1.29 is 14.6 Å². The second kappa shape index (κ2) is 7.50. The molecule has 146 valence electrons. The monoisotopic (exact) mass is 413 g/mol. The molecule has 0 unspecified atom stereocenters. The van der Waals surface area contributed by atoms with Gasteiger partial charge in [0.25, 0.3) is 0 Å². The van der Waals surface area contributed by atoms with Gasteiger partial charge in [-0.15, -0.1) is 11.3 Å². The Bertz CT molecular complexity index is 1400. The molecule has 0 saturated carbocycles. The van der Waals surface area contributed by atoms with Crippen LogP contribution in [0.5, 0.6) is 5.75 Å². The maximum absolute atomic E-state index is 11.5. The standard InChI is InChI=1S/C23H15N3O3S/c27-23(28)19-12-24-11-18-17(19)10-20-21(18)22(26-25-20)14-9-16(30-13-14)7-4-8-29-15-5-2-1-3-6-15/h1-3,5-6,9-10,12-13,25H,8,11H2,(H,27,28). The van der Waals surface area contributed by atoms with E-state index in [9.17, 15) is 9.90 Å². The van der Waals surface area contributed by atoms with Gasteiger partial charge >= 0.3 is 5.97 Å². The molecule has 1 aromatic carbocycles. The van der Waals surface area contributed by atoms with Crippen LogP contribution in [0.15, 0.2) is 57.9 Å². The van der Waals surface area contributed by atoms with Crippen molar-refractivity contribution in [3.05, 3.63) is 68.4 Å². The van der Waals surface area contributed by atoms with Crippen molar-refractivity contribution in [2.45, 2.75) is 0 Å². The molecule has 0 bridgehead atoms. The highest BCUT2D eigenvalue weighted by Gasteiger charge is 2.25. The lowest BCUT2D eigenvalue weighted by molar-refractivity contribution is -0.132. The lowest BCUT2D eigenvalue weighted by Gasteiger charge is -2.10. The van der Waals surface area contributed by atoms with Gasteiger partial charge in [0.05, 0.1) is 22.3 Å². The van der Waals surface area contributed by atoms with E-state index in [-0.39, 0.29) is 5.57 Å². The first-order chi connectivity index (χ1) is 14.7. The van der Waals surface area contributed by atoms with Crippen molar-refractivity contribution in [2.75, 3.05) is 13.2 Å². The second-order valence-electron chi connectivity index (χ2n) is 6.69. The number of thiophene rings is 1. The van der Waals surface area contributed by atoms with Crippen LogP contribution >= 0.6 is 11.3 Å². The Labute approximate surface area is 175 Å². The van der Waals surface area contributed by atoms with E-state index in [1.807, 2.05) is 47.9 Å². The number of H-pyrrole nitrogens is 1. The van der Waals surface area contributed by atoms with Crippen LogP contribution in [0.1, 0.15) is 4.88 Å². The zero-order chi connectivity index (χ0) is 20.5. The molecule has 7 heteroatoms. The highest BCUT2D eigenvalue weighted by Crippen LogP contribution is 2.26. The molecular weight excluding hydrogens is 398 g/mol. The number of carboxylic acids is 1. The topological polar surface area (TPSA) is 87.6 Å². The Balaban J connectivity index is 1.42. The van der Waals surface area contributed by atoms with E-state index >= 15 is 0 Å². The summed E-state index contributed by atoms with van der Waals surface area (Å²) in [7, 11) is 0. The molecule has 0 saturated heterocycles. The number of aliphatic imine (C=N–C) groups is 1. The van der Waals surface area contributed by atoms with Gasteiger partial charge in [0.15, 0.2) is 0 Å². The molecule has 0 amide bonds. The van der Waals surface area contributed by atoms with E-state index in [1.54, 1.807) is 0 Å². The minimum atomic E-state index is -0.979. The summed E-state index contributed by atoms with van der Waals surface area (Å²) in [6.07, 6.45) is 3.26. The number of rotatable bonds is 4. The van der Waals surface area contributed by atoms with Gasteiger partial charge in [-0.1, -0.05) is 30.0 Å². The molecule has 1 aliphatic carbocycles. The predicted molar refractivity (Wildman–Crippen MR) is 116 cm³/mol. The third-order valence-electron chi connectivity index (χ3n) is 4.84. The summed E-state index contributed by atoms with van der Waals surface area (Å²) in [6, 6.07) is 11.6. The number of hydrogen-bond acceptors (Lipinski definition) is 5. The second-order valence-corrected chi connectivity index (χ2v) is 7.60. The molecule has 2 N–H and O–H groups in total. The van der Waals surface area contributed by atoms with E-state index in [2.05, 4.69) is 27.0 Å². The first-order valence-electron chi connectivity index (χ1n) is 9.23. The number of carbonyl (C=O) groups is 1. The number of fused-ring (bicyclic) bond motifs is 2. The highest BCUT2D eigenvalue weighted by atomic mass is 32.1. The van der Waals surface area contributed by atoms with Crippen LogP contribution in [-0.2, 0) is 4.79 Å². The van der Waals surface area contributed by atoms with Crippen molar-refractivity contribution in [2.24, 2.45) is 4.99 Å². The summed E-state index contributed by atoms with van der Waals surface area (Å²) >= 11 is 1.54. The fourth-order valence-corrected chi connectivity index (χ4v) is 4.26. The number of benzene rings is 1. The molecule has 1 aliphatic heterocycles. The van der Waals surface area contributed by atoms with E-state index in [1.165, 1.54) is 17.6 Å². The van der Waals surface area contributed by atoms with Crippen LogP contribution in [0.25, 0.3) is 22.9 Å². The number of para-hydroxylation sites is 1. The Morgan fingerprint density at radius 2 is 2.17 bits per heavy atom. The Hall–Kier alpha value is -3.89. The Kier molecular flexibility index (Phi) is 4.54. The molecule has 0 atom stereocenters. The van der Waals surface area contributed by atoms with Crippen LogP contribution in [0, 0.1) is 11.8 Å². The smallest absolute Gasteiger partial charge is 0.337 e. The van der Waals surface area contributed by atoms with Crippen molar-refractivity contribution in [1.82, 2.24) is 10.2 Å². The average molecular weight is 413 g/mol. The minimum absolute atomic E-state index is 0.210. The third-order valence-corrected chi connectivity index (χ3v) is 5.68. The molecule has 0 spiro atoms. The van der Waals surface area contributed by atoms with Crippen LogP contribution < -0.4 is 15.3 Å². The molecule has 2 aromatic heterocycles. The molecule has 6 nitrogen and oxygen atoms in total. The van der Waals surface area contributed by atoms with Gasteiger partial charge in [-0.2, -0.15) is 5.10 Å².